The highest BCUT2D eigenvalue weighted by atomic mass is 35.5. The highest BCUT2D eigenvalue weighted by molar-refractivity contribution is 7.80. The molecular formula is C15H19ClN4OS. The maximum Gasteiger partial charge on any atom is 0.173 e. The molecule has 0 unspecified atom stereocenters. The Morgan fingerprint density at radius 1 is 1.50 bits per heavy atom. The molecule has 0 atom stereocenters. The summed E-state index contributed by atoms with van der Waals surface area (Å²) in [5.41, 5.74) is 1.83. The number of aryl methyl sites for hydroxylation is 1. The van der Waals surface area contributed by atoms with Gasteiger partial charge in [-0.25, -0.2) is 0 Å². The van der Waals surface area contributed by atoms with Crippen molar-refractivity contribution in [3.8, 4) is 5.75 Å². The fourth-order valence-corrected chi connectivity index (χ4v) is 2.42. The van der Waals surface area contributed by atoms with E-state index in [0.29, 0.717) is 16.7 Å². The monoisotopic (exact) mass is 338 g/mol. The van der Waals surface area contributed by atoms with E-state index in [1.165, 1.54) is 0 Å². The van der Waals surface area contributed by atoms with E-state index in [0.717, 1.165) is 23.7 Å². The Bertz CT molecular complexity index is 659. The van der Waals surface area contributed by atoms with Crippen LogP contribution in [0.15, 0.2) is 30.5 Å². The summed E-state index contributed by atoms with van der Waals surface area (Å²) in [5.74, 6) is 0.780. The van der Waals surface area contributed by atoms with Gasteiger partial charge in [-0.2, -0.15) is 5.10 Å². The number of hydrogen-bond acceptors (Lipinski definition) is 3. The summed E-state index contributed by atoms with van der Waals surface area (Å²) in [6.45, 7) is 3.38. The minimum absolute atomic E-state index is 0.586. The minimum Gasteiger partial charge on any atom is -0.497 e. The normalized spacial score (nSPS) is 10.4. The number of hydrogen-bond donors (Lipinski definition) is 1. The third-order valence-electron chi connectivity index (χ3n) is 3.25. The van der Waals surface area contributed by atoms with Crippen molar-refractivity contribution in [1.29, 1.82) is 0 Å². The van der Waals surface area contributed by atoms with Crippen LogP contribution in [0.25, 0.3) is 0 Å². The van der Waals surface area contributed by atoms with Crippen molar-refractivity contribution in [2.75, 3.05) is 19.5 Å². The largest absolute Gasteiger partial charge is 0.497 e. The molecule has 0 bridgehead atoms. The van der Waals surface area contributed by atoms with Crippen molar-refractivity contribution in [3.63, 3.8) is 0 Å². The van der Waals surface area contributed by atoms with E-state index < -0.39 is 0 Å². The van der Waals surface area contributed by atoms with Crippen LogP contribution >= 0.6 is 23.8 Å². The van der Waals surface area contributed by atoms with Crippen LogP contribution in [-0.2, 0) is 13.1 Å². The summed E-state index contributed by atoms with van der Waals surface area (Å²) in [5, 5.41) is 8.68. The third-order valence-corrected chi connectivity index (χ3v) is 3.98. The van der Waals surface area contributed by atoms with Gasteiger partial charge < -0.3 is 15.0 Å². The summed E-state index contributed by atoms with van der Waals surface area (Å²) in [6.07, 6.45) is 1.66. The van der Waals surface area contributed by atoms with Gasteiger partial charge in [0.2, 0.25) is 0 Å². The molecule has 0 aliphatic carbocycles. The number of benzene rings is 1. The molecule has 1 aromatic heterocycles. The number of nitrogens with zero attached hydrogens (tertiary/aromatic N) is 3. The average Bonchev–Trinajstić information content (AvgIpc) is 2.87. The zero-order valence-corrected chi connectivity index (χ0v) is 14.4. The molecule has 118 valence electrons. The Balaban J connectivity index is 2.04. The van der Waals surface area contributed by atoms with Gasteiger partial charge in [0, 0.05) is 25.3 Å². The number of thiocarbonyl (C=S) groups is 1. The van der Waals surface area contributed by atoms with Crippen LogP contribution in [0.2, 0.25) is 5.02 Å². The molecule has 0 fully saturated rings. The first-order valence-electron chi connectivity index (χ1n) is 6.91. The van der Waals surface area contributed by atoms with Gasteiger partial charge in [-0.15, -0.1) is 0 Å². The smallest absolute Gasteiger partial charge is 0.173 e. The molecule has 0 spiro atoms. The summed E-state index contributed by atoms with van der Waals surface area (Å²) in [6, 6.07) is 7.62. The number of rotatable bonds is 5. The van der Waals surface area contributed by atoms with E-state index >= 15 is 0 Å². The number of aromatic nitrogens is 2. The van der Waals surface area contributed by atoms with Crippen LogP contribution in [0.5, 0.6) is 5.75 Å². The number of ether oxygens (including phenoxy) is 1. The number of anilines is 1. The molecule has 0 saturated carbocycles. The molecule has 1 heterocycles. The van der Waals surface area contributed by atoms with Crippen molar-refractivity contribution in [2.24, 2.45) is 0 Å². The van der Waals surface area contributed by atoms with E-state index in [2.05, 4.69) is 10.4 Å². The molecule has 0 aliphatic heterocycles. The van der Waals surface area contributed by atoms with Gasteiger partial charge in [0.25, 0.3) is 0 Å². The lowest BCUT2D eigenvalue weighted by molar-refractivity contribution is 0.415. The molecule has 0 radical (unpaired) electrons. The maximum atomic E-state index is 6.18. The van der Waals surface area contributed by atoms with Crippen LogP contribution in [0.3, 0.4) is 0 Å². The van der Waals surface area contributed by atoms with Crippen molar-refractivity contribution < 1.29 is 4.74 Å². The van der Waals surface area contributed by atoms with Crippen molar-refractivity contribution in [2.45, 2.75) is 20.0 Å². The van der Waals surface area contributed by atoms with Gasteiger partial charge in [0.1, 0.15) is 5.75 Å². The highest BCUT2D eigenvalue weighted by Gasteiger charge is 2.13. The van der Waals surface area contributed by atoms with Crippen molar-refractivity contribution >= 4 is 34.6 Å². The molecule has 0 amide bonds. The summed E-state index contributed by atoms with van der Waals surface area (Å²) < 4.78 is 7.07. The Hall–Kier alpha value is -1.79. The Morgan fingerprint density at radius 3 is 2.95 bits per heavy atom. The Labute approximate surface area is 140 Å². The first-order chi connectivity index (χ1) is 10.5. The topological polar surface area (TPSA) is 42.3 Å². The average molecular weight is 339 g/mol. The third kappa shape index (κ3) is 3.90. The first kappa shape index (κ1) is 16.6. The second kappa shape index (κ2) is 7.47. The Kier molecular flexibility index (Phi) is 5.63. The molecule has 5 nitrogen and oxygen atoms in total. The highest BCUT2D eigenvalue weighted by Crippen LogP contribution is 2.19. The minimum atomic E-state index is 0.586. The molecule has 1 N–H and O–H groups in total. The molecule has 0 saturated heterocycles. The number of methoxy groups -OCH3 is 1. The second-order valence-electron chi connectivity index (χ2n) is 4.77. The molecule has 7 heteroatoms. The molecule has 2 rings (SSSR count). The van der Waals surface area contributed by atoms with E-state index in [9.17, 15) is 0 Å². The predicted molar refractivity (Wildman–Crippen MR) is 93.6 cm³/mol. The molecule has 2 aromatic rings. The zero-order valence-electron chi connectivity index (χ0n) is 12.8. The van der Waals surface area contributed by atoms with Crippen LogP contribution in [0.4, 0.5) is 5.69 Å². The lowest BCUT2D eigenvalue weighted by Gasteiger charge is -2.21. The fourth-order valence-electron chi connectivity index (χ4n) is 2.03. The first-order valence-corrected chi connectivity index (χ1v) is 7.70. The second-order valence-corrected chi connectivity index (χ2v) is 5.57. The van der Waals surface area contributed by atoms with E-state index in [1.54, 1.807) is 13.3 Å². The standard InChI is InChI=1S/C15H19ClN4OS/c1-4-20-14(13(16)9-17-20)10-19(2)15(22)18-11-6-5-7-12(8-11)21-3/h5-9H,4,10H2,1-3H3,(H,18,22). The summed E-state index contributed by atoms with van der Waals surface area (Å²) >= 11 is 11.6. The number of halogens is 1. The maximum absolute atomic E-state index is 6.18. The van der Waals surface area contributed by atoms with E-state index in [1.807, 2.05) is 47.8 Å². The lowest BCUT2D eigenvalue weighted by atomic mass is 10.3. The molecule has 1 aromatic carbocycles. The lowest BCUT2D eigenvalue weighted by Crippen LogP contribution is -2.31. The van der Waals surface area contributed by atoms with Gasteiger partial charge in [-0.05, 0) is 31.3 Å². The predicted octanol–water partition coefficient (Wildman–Crippen LogP) is 3.39. The summed E-state index contributed by atoms with van der Waals surface area (Å²) in [4.78, 5) is 1.92. The molecule has 22 heavy (non-hydrogen) atoms. The SMILES string of the molecule is CCn1ncc(Cl)c1CN(C)C(=S)Nc1cccc(OC)c1. The summed E-state index contributed by atoms with van der Waals surface area (Å²) in [7, 11) is 3.55. The van der Waals surface area contributed by atoms with Gasteiger partial charge in [0.05, 0.1) is 30.6 Å². The van der Waals surface area contributed by atoms with Gasteiger partial charge in [-0.1, -0.05) is 17.7 Å². The van der Waals surface area contributed by atoms with Crippen LogP contribution in [0, 0.1) is 0 Å². The van der Waals surface area contributed by atoms with Crippen LogP contribution in [-0.4, -0.2) is 34.0 Å². The number of nitrogens with one attached hydrogen (secondary N) is 1. The van der Waals surface area contributed by atoms with Gasteiger partial charge in [0.15, 0.2) is 5.11 Å². The molecule has 0 aliphatic rings. The fraction of sp³-hybridized carbons (Fsp3) is 0.333. The quantitative estimate of drug-likeness (QED) is 0.846. The van der Waals surface area contributed by atoms with Crippen LogP contribution in [0.1, 0.15) is 12.6 Å². The van der Waals surface area contributed by atoms with Gasteiger partial charge >= 0.3 is 0 Å². The van der Waals surface area contributed by atoms with Crippen molar-refractivity contribution in [1.82, 2.24) is 14.7 Å². The van der Waals surface area contributed by atoms with Crippen LogP contribution < -0.4 is 10.1 Å². The van der Waals surface area contributed by atoms with Crippen molar-refractivity contribution in [3.05, 3.63) is 41.2 Å². The van der Waals surface area contributed by atoms with E-state index in [-0.39, 0.29) is 0 Å². The zero-order chi connectivity index (χ0) is 16.1. The van der Waals surface area contributed by atoms with Gasteiger partial charge in [-0.3, -0.25) is 4.68 Å². The Morgan fingerprint density at radius 2 is 2.27 bits per heavy atom. The molecular weight excluding hydrogens is 320 g/mol. The van der Waals surface area contributed by atoms with E-state index in [4.69, 9.17) is 28.6 Å².